The van der Waals surface area contributed by atoms with Crippen LogP contribution in [0.1, 0.15) is 159 Å². The second-order valence-electron chi connectivity index (χ2n) is 34.1. The molecule has 3 fully saturated rings. The van der Waals surface area contributed by atoms with Crippen molar-refractivity contribution in [1.82, 2.24) is 20.4 Å². The number of piperidine rings is 1. The number of rotatable bonds is 59. The van der Waals surface area contributed by atoms with E-state index in [1.807, 2.05) is 63.0 Å². The maximum atomic E-state index is 15.3. The first-order valence-electron chi connectivity index (χ1n) is 48.1. The first kappa shape index (κ1) is 116. The van der Waals surface area contributed by atoms with Crippen LogP contribution in [-0.2, 0) is 128 Å². The fourth-order valence-electron chi connectivity index (χ4n) is 16.1. The van der Waals surface area contributed by atoms with Gasteiger partial charge in [0.15, 0.2) is 5.78 Å². The molecule has 132 heavy (non-hydrogen) atoms. The molecule has 5 aliphatic rings. The van der Waals surface area contributed by atoms with E-state index in [2.05, 4.69) is 35.8 Å². The molecule has 2 saturated heterocycles. The number of cyclic esters (lactones) is 1. The summed E-state index contributed by atoms with van der Waals surface area (Å²) < 4.78 is 127. The first-order chi connectivity index (χ1) is 64.0. The summed E-state index contributed by atoms with van der Waals surface area (Å²) in [5.74, 6) is -8.54. The predicted octanol–water partition coefficient (Wildman–Crippen LogP) is 9.22. The van der Waals surface area contributed by atoms with E-state index in [4.69, 9.17) is 104 Å². The van der Waals surface area contributed by atoms with Crippen LogP contribution in [-0.4, -0.2) is 374 Å². The molecule has 0 radical (unpaired) electrons. The molecule has 0 aromatic carbocycles. The average molecular weight is 1880 g/mol. The van der Waals surface area contributed by atoms with Gasteiger partial charge in [0, 0.05) is 91.3 Å². The van der Waals surface area contributed by atoms with Crippen molar-refractivity contribution in [2.75, 3.05) is 252 Å². The van der Waals surface area contributed by atoms with Gasteiger partial charge in [-0.2, -0.15) is 0 Å². The highest BCUT2D eigenvalue weighted by atomic mass is 16.6. The van der Waals surface area contributed by atoms with Gasteiger partial charge in [-0.25, -0.2) is 14.4 Å². The second-order valence-corrected chi connectivity index (χ2v) is 34.1. The smallest absolute Gasteiger partial charge is 0.407 e. The van der Waals surface area contributed by atoms with Gasteiger partial charge in [-0.3, -0.25) is 19.2 Å². The molecule has 4 amide bonds. The zero-order valence-corrected chi connectivity index (χ0v) is 81.3. The molecule has 5 rings (SSSR count). The highest BCUT2D eigenvalue weighted by Crippen LogP contribution is 2.39. The van der Waals surface area contributed by atoms with E-state index in [0.717, 1.165) is 25.0 Å². The Labute approximate surface area is 784 Å². The zero-order chi connectivity index (χ0) is 95.8. The van der Waals surface area contributed by atoms with Crippen LogP contribution in [0.5, 0.6) is 0 Å². The van der Waals surface area contributed by atoms with Crippen LogP contribution in [0.2, 0.25) is 0 Å². The number of hydrogen-bond donors (Lipinski definition) is 4. The number of fused-ring (bicyclic) bond motifs is 3. The minimum Gasteiger partial charge on any atom is -0.460 e. The normalized spacial score (nSPS) is 27.1. The van der Waals surface area contributed by atoms with E-state index in [0.29, 0.717) is 248 Å². The van der Waals surface area contributed by atoms with Crippen molar-refractivity contribution in [1.29, 1.82) is 0 Å². The number of allylic oxidation sites excluding steroid dienone is 7. The average Bonchev–Trinajstić information content (AvgIpc) is 0.776. The minimum absolute atomic E-state index is 0.00319. The predicted molar refractivity (Wildman–Crippen MR) is 492 cm³/mol. The van der Waals surface area contributed by atoms with Crippen LogP contribution >= 0.6 is 0 Å². The van der Waals surface area contributed by atoms with Gasteiger partial charge >= 0.3 is 18.2 Å². The molecular formula is C97H164N4O31. The maximum Gasteiger partial charge on any atom is 0.407 e. The van der Waals surface area contributed by atoms with Crippen molar-refractivity contribution >= 4 is 41.5 Å². The Kier molecular flexibility index (Phi) is 62.9. The molecule has 1 aliphatic carbocycles. The van der Waals surface area contributed by atoms with Gasteiger partial charge < -0.3 is 135 Å². The lowest BCUT2D eigenvalue weighted by Crippen LogP contribution is -2.61. The van der Waals surface area contributed by atoms with Crippen molar-refractivity contribution in [2.24, 2.45) is 35.5 Å². The number of aliphatic hydroxyl groups excluding tert-OH is 1. The molecule has 0 aromatic rings. The topological polar surface area (TPSA) is 394 Å². The Morgan fingerprint density at radius 3 is 1.57 bits per heavy atom. The molecule has 16 atom stereocenters. The Hall–Kier alpha value is -6.11. The number of ketones is 2. The van der Waals surface area contributed by atoms with Gasteiger partial charge in [-0.15, -0.1) is 0 Å². The summed E-state index contributed by atoms with van der Waals surface area (Å²) in [5.41, 5.74) is 2.47. The lowest BCUT2D eigenvalue weighted by atomic mass is 9.78. The molecule has 2 bridgehead atoms. The van der Waals surface area contributed by atoms with E-state index in [9.17, 15) is 39.0 Å². The third-order valence-corrected chi connectivity index (χ3v) is 23.8. The largest absolute Gasteiger partial charge is 0.460 e. The fourth-order valence-corrected chi connectivity index (χ4v) is 16.1. The van der Waals surface area contributed by atoms with Gasteiger partial charge in [0.25, 0.3) is 11.7 Å². The summed E-state index contributed by atoms with van der Waals surface area (Å²) in [6.07, 6.45) is 15.6. The Bertz CT molecular complexity index is 3350. The number of ether oxygens (including phenoxy) is 22. The third kappa shape index (κ3) is 47.8. The molecule has 1 saturated carbocycles. The summed E-state index contributed by atoms with van der Waals surface area (Å²) in [5, 5.41) is 30.0. The highest BCUT2D eigenvalue weighted by Gasteiger charge is 2.53. The van der Waals surface area contributed by atoms with Crippen molar-refractivity contribution in [3.05, 3.63) is 71.4 Å². The Morgan fingerprint density at radius 2 is 1.08 bits per heavy atom. The molecule has 0 aromatic heterocycles. The third-order valence-electron chi connectivity index (χ3n) is 23.8. The SMILES string of the molecule is CC/C=C/C1=CCN(C(=O)CCOCCOCCOCCOCCOCCOCCOCCOCCNC(=O)O[C@@H]2C[C@@H]([C@H](C)C[C@@H]3CC[C@@H](OC(=O)NCCOCCOCCOCCOCCOCCOCCOCC)[C@H](OC)C3)OC(=O)[C@@H]3CCCCN3C(=O)C(=O)[C@]3(O)O[C@@H](CC[C@H]3C)C[C@H](OC)/C(C)=C/C=C/C=C/[C@@H](C)C[C@@H](C)C(=O)[C@H](OC)[C@H](O)/C(C)=C/[C@H]2C)CC1. The van der Waals surface area contributed by atoms with Gasteiger partial charge in [-0.1, -0.05) is 96.2 Å². The van der Waals surface area contributed by atoms with E-state index in [1.165, 1.54) is 17.6 Å². The number of esters is 1. The second kappa shape index (κ2) is 71.4. The molecule has 4 N–H and O–H groups in total. The van der Waals surface area contributed by atoms with Gasteiger partial charge in [0.1, 0.15) is 36.6 Å². The number of nitrogens with zero attached hydrogens (tertiary/aromatic N) is 2. The van der Waals surface area contributed by atoms with Crippen molar-refractivity contribution < 1.29 is 148 Å². The molecule has 4 heterocycles. The van der Waals surface area contributed by atoms with Crippen LogP contribution in [0.15, 0.2) is 71.4 Å². The summed E-state index contributed by atoms with van der Waals surface area (Å²) in [4.78, 5) is 102. The minimum atomic E-state index is -2.53. The van der Waals surface area contributed by atoms with Crippen LogP contribution in [0.4, 0.5) is 9.59 Å². The number of alkyl carbamates (subject to hydrolysis) is 2. The number of amides is 4. The Morgan fingerprint density at radius 1 is 0.561 bits per heavy atom. The van der Waals surface area contributed by atoms with Crippen molar-refractivity contribution in [3.8, 4) is 0 Å². The number of aliphatic hydroxyl groups is 2. The van der Waals surface area contributed by atoms with Gasteiger partial charge in [-0.05, 0) is 132 Å². The van der Waals surface area contributed by atoms with Gasteiger partial charge in [0.2, 0.25) is 11.7 Å². The first-order valence-corrected chi connectivity index (χ1v) is 48.1. The van der Waals surface area contributed by atoms with E-state index < -0.39 is 114 Å². The molecule has 35 nitrogen and oxygen atoms in total. The summed E-state index contributed by atoms with van der Waals surface area (Å²) >= 11 is 0. The molecule has 35 heteroatoms. The van der Waals surface area contributed by atoms with Crippen LogP contribution in [0.3, 0.4) is 0 Å². The maximum absolute atomic E-state index is 15.3. The Balaban J connectivity index is 1.16. The van der Waals surface area contributed by atoms with Crippen molar-refractivity contribution in [2.45, 2.75) is 219 Å². The molecule has 0 unspecified atom stereocenters. The van der Waals surface area contributed by atoms with E-state index in [-0.39, 0.29) is 88.9 Å². The van der Waals surface area contributed by atoms with E-state index >= 15 is 4.79 Å². The quantitative estimate of drug-likeness (QED) is 0.0145. The molecular weight excluding hydrogens is 1720 g/mol. The number of Topliss-reactive ketones (excluding diaryl/α,β-unsaturated/α-hetero) is 2. The number of carbonyl (C=O) groups excluding carboxylic acids is 7. The lowest BCUT2D eigenvalue weighted by molar-refractivity contribution is -0.265. The molecule has 4 aliphatic heterocycles. The number of methoxy groups -OCH3 is 3. The zero-order valence-electron chi connectivity index (χ0n) is 81.3. The lowest BCUT2D eigenvalue weighted by Gasteiger charge is -2.43. The van der Waals surface area contributed by atoms with Gasteiger partial charge in [0.05, 0.1) is 216 Å². The van der Waals surface area contributed by atoms with Crippen LogP contribution in [0.25, 0.3) is 0 Å². The standard InChI is InChI=1S/C97H164N4O31/c1-13-15-23-79-29-35-100(36-30-79)88(102)31-37-115-42-45-119-50-53-123-58-61-127-64-65-128-63-60-125-55-52-121-47-44-117-39-33-99-96(109)131-86-71-85(75(6)68-80-26-28-83(87(69-80)112-11)130-95(108)98-32-38-116-43-46-120-51-54-124-59-62-126-57-56-122-49-48-118-41-40-114-14-2)129-94(107)82-24-19-20-34-101(82)93(106)92(105)97(110)78(9)25-27-81(132-97)70-84(111-10)73(4)22-18-16-17-21-72(3)66-76(7)89(103)91(113-12)90(104)77(8)67-74(86)5/h15-18,21-23,29,67,72,74-76,78,80-87,90-91,104,110H,13-14,19-20,24-28,30-66,68-71H2,1-12H3,(H,98,108)(H,99,109)/b18-16+,21-17+,23-15+,73-22+,77-67+/t72-,74-,75-,76-,78-,80+,81+,82+,83-,84+,85+,86-,87-,90-,91+,97-/m1/s1. The molecule has 758 valence electrons. The summed E-state index contributed by atoms with van der Waals surface area (Å²) in [6, 6.07) is -1.27. The summed E-state index contributed by atoms with van der Waals surface area (Å²) in [7, 11) is 4.49. The number of nitrogens with one attached hydrogen (secondary N) is 2. The van der Waals surface area contributed by atoms with Crippen LogP contribution in [0, 0.1) is 35.5 Å². The molecule has 0 spiro atoms. The monoisotopic (exact) mass is 1880 g/mol. The fraction of sp³-hybridized carbons (Fsp3) is 0.804. The summed E-state index contributed by atoms with van der Waals surface area (Å²) in [6.45, 7) is 30.0. The number of hydrogen-bond acceptors (Lipinski definition) is 31. The number of carbonyl (C=O) groups is 7. The highest BCUT2D eigenvalue weighted by molar-refractivity contribution is 6.39. The van der Waals surface area contributed by atoms with Crippen molar-refractivity contribution in [3.63, 3.8) is 0 Å². The van der Waals surface area contributed by atoms with E-state index in [1.54, 1.807) is 48.0 Å². The van der Waals surface area contributed by atoms with Crippen LogP contribution < -0.4 is 10.6 Å².